The van der Waals surface area contributed by atoms with Gasteiger partial charge in [0.2, 0.25) is 9.74 Å². The molecular formula is C11H11IN4O2. The third-order valence-corrected chi connectivity index (χ3v) is 2.69. The van der Waals surface area contributed by atoms with E-state index in [4.69, 9.17) is 4.74 Å². The van der Waals surface area contributed by atoms with Gasteiger partial charge < -0.3 is 10.1 Å². The van der Waals surface area contributed by atoms with Crippen molar-refractivity contribution in [1.29, 1.82) is 0 Å². The van der Waals surface area contributed by atoms with Gasteiger partial charge in [-0.25, -0.2) is 9.67 Å². The minimum absolute atomic E-state index is 0.119. The van der Waals surface area contributed by atoms with Gasteiger partial charge in [0.1, 0.15) is 18.6 Å². The zero-order chi connectivity index (χ0) is 13.0. The molecule has 0 fully saturated rings. The van der Waals surface area contributed by atoms with Crippen LogP contribution < -0.4 is 10.1 Å². The summed E-state index contributed by atoms with van der Waals surface area (Å²) in [4.78, 5) is 15.7. The van der Waals surface area contributed by atoms with E-state index in [1.165, 1.54) is 11.0 Å². The number of benzene rings is 1. The average Bonchev–Trinajstić information content (AvgIpc) is 2.75. The lowest BCUT2D eigenvalue weighted by Gasteiger charge is -2.09. The summed E-state index contributed by atoms with van der Waals surface area (Å²) >= 11 is 1.99. The Hall–Kier alpha value is -1.64. The Balaban J connectivity index is 2.03. The first-order valence-corrected chi connectivity index (χ1v) is 6.24. The molecule has 2 aromatic rings. The van der Waals surface area contributed by atoms with E-state index in [1.807, 2.05) is 34.7 Å². The van der Waals surface area contributed by atoms with E-state index in [-0.39, 0.29) is 12.5 Å². The lowest BCUT2D eigenvalue weighted by molar-refractivity contribution is -0.116. The molecule has 1 N–H and O–H groups in total. The van der Waals surface area contributed by atoms with Gasteiger partial charge in [0.25, 0.3) is 0 Å². The quantitative estimate of drug-likeness (QED) is 0.842. The van der Waals surface area contributed by atoms with Gasteiger partial charge in [0, 0.05) is 22.6 Å². The SMILES string of the molecule is COc1ccccc1NC(=O)Cn1cnc(I)n1. The van der Waals surface area contributed by atoms with Crippen molar-refractivity contribution in [3.63, 3.8) is 0 Å². The first kappa shape index (κ1) is 12.8. The van der Waals surface area contributed by atoms with E-state index in [0.717, 1.165) is 0 Å². The van der Waals surface area contributed by atoms with Crippen molar-refractivity contribution in [3.8, 4) is 5.75 Å². The third-order valence-electron chi connectivity index (χ3n) is 2.20. The molecule has 1 aromatic heterocycles. The Labute approximate surface area is 117 Å². The Kier molecular flexibility index (Phi) is 4.13. The van der Waals surface area contributed by atoms with Crippen LogP contribution in [0.15, 0.2) is 30.6 Å². The van der Waals surface area contributed by atoms with Crippen molar-refractivity contribution in [3.05, 3.63) is 34.4 Å². The van der Waals surface area contributed by atoms with Gasteiger partial charge in [0.05, 0.1) is 12.8 Å². The molecule has 2 rings (SSSR count). The topological polar surface area (TPSA) is 69.0 Å². The first-order chi connectivity index (χ1) is 8.69. The molecule has 94 valence electrons. The fourth-order valence-electron chi connectivity index (χ4n) is 1.43. The van der Waals surface area contributed by atoms with Crippen molar-refractivity contribution in [2.75, 3.05) is 12.4 Å². The molecule has 6 nitrogen and oxygen atoms in total. The Morgan fingerprint density at radius 1 is 1.50 bits per heavy atom. The summed E-state index contributed by atoms with van der Waals surface area (Å²) in [5.74, 6) is 0.444. The van der Waals surface area contributed by atoms with Crippen LogP contribution in [0, 0.1) is 3.83 Å². The zero-order valence-corrected chi connectivity index (χ0v) is 11.8. The van der Waals surface area contributed by atoms with E-state index in [9.17, 15) is 4.79 Å². The molecule has 18 heavy (non-hydrogen) atoms. The number of nitrogens with one attached hydrogen (secondary N) is 1. The summed E-state index contributed by atoms with van der Waals surface area (Å²) in [6.07, 6.45) is 1.52. The number of anilines is 1. The van der Waals surface area contributed by atoms with Crippen molar-refractivity contribution < 1.29 is 9.53 Å². The van der Waals surface area contributed by atoms with Crippen LogP contribution in [0.2, 0.25) is 0 Å². The highest BCUT2D eigenvalue weighted by molar-refractivity contribution is 14.1. The van der Waals surface area contributed by atoms with Crippen LogP contribution in [0.1, 0.15) is 0 Å². The predicted octanol–water partition coefficient (Wildman–Crippen LogP) is 1.53. The van der Waals surface area contributed by atoms with Gasteiger partial charge in [-0.1, -0.05) is 12.1 Å². The van der Waals surface area contributed by atoms with Crippen LogP contribution >= 0.6 is 22.6 Å². The number of nitrogens with zero attached hydrogens (tertiary/aromatic N) is 3. The van der Waals surface area contributed by atoms with Gasteiger partial charge in [0.15, 0.2) is 0 Å². The molecule has 0 bridgehead atoms. The van der Waals surface area contributed by atoms with Gasteiger partial charge in [-0.05, 0) is 12.1 Å². The van der Waals surface area contributed by atoms with Crippen molar-refractivity contribution in [2.45, 2.75) is 6.54 Å². The molecule has 0 atom stereocenters. The lowest BCUT2D eigenvalue weighted by Crippen LogP contribution is -2.19. The summed E-state index contributed by atoms with van der Waals surface area (Å²) in [6, 6.07) is 7.24. The molecule has 0 unspecified atom stereocenters. The highest BCUT2D eigenvalue weighted by Gasteiger charge is 2.08. The molecule has 0 saturated carbocycles. The minimum atomic E-state index is -0.180. The fourth-order valence-corrected chi connectivity index (χ4v) is 1.83. The molecule has 0 radical (unpaired) electrons. The lowest BCUT2D eigenvalue weighted by atomic mass is 10.3. The minimum Gasteiger partial charge on any atom is -0.495 e. The second-order valence-corrected chi connectivity index (χ2v) is 4.42. The maximum atomic E-state index is 11.8. The van der Waals surface area contributed by atoms with Crippen LogP contribution in [-0.2, 0) is 11.3 Å². The first-order valence-electron chi connectivity index (χ1n) is 5.17. The van der Waals surface area contributed by atoms with E-state index < -0.39 is 0 Å². The summed E-state index contributed by atoms with van der Waals surface area (Å²) in [5, 5.41) is 6.80. The number of carbonyl (C=O) groups is 1. The molecule has 0 aliphatic heterocycles. The smallest absolute Gasteiger partial charge is 0.246 e. The molecule has 7 heteroatoms. The maximum Gasteiger partial charge on any atom is 0.246 e. The second kappa shape index (κ2) is 5.80. The molecule has 1 amide bonds. The van der Waals surface area contributed by atoms with Crippen LogP contribution in [0.4, 0.5) is 5.69 Å². The molecule has 1 aromatic carbocycles. The van der Waals surface area contributed by atoms with E-state index >= 15 is 0 Å². The van der Waals surface area contributed by atoms with E-state index in [2.05, 4.69) is 15.4 Å². The highest BCUT2D eigenvalue weighted by atomic mass is 127. The number of para-hydroxylation sites is 2. The summed E-state index contributed by atoms with van der Waals surface area (Å²) in [6.45, 7) is 0.119. The van der Waals surface area contributed by atoms with Crippen LogP contribution in [0.5, 0.6) is 5.75 Å². The number of halogens is 1. The molecule has 0 aliphatic rings. The van der Waals surface area contributed by atoms with Gasteiger partial charge in [-0.15, -0.1) is 5.10 Å². The van der Waals surface area contributed by atoms with Gasteiger partial charge in [-0.3, -0.25) is 4.79 Å². The normalized spacial score (nSPS) is 10.1. The van der Waals surface area contributed by atoms with Crippen molar-refractivity contribution >= 4 is 34.2 Å². The Bertz CT molecular complexity index is 555. The predicted molar refractivity (Wildman–Crippen MR) is 74.4 cm³/mol. The molecule has 0 spiro atoms. The third kappa shape index (κ3) is 3.19. The monoisotopic (exact) mass is 358 g/mol. The van der Waals surface area contributed by atoms with E-state index in [1.54, 1.807) is 19.2 Å². The number of hydrogen-bond acceptors (Lipinski definition) is 4. The Morgan fingerprint density at radius 3 is 2.94 bits per heavy atom. The van der Waals surface area contributed by atoms with Crippen molar-refractivity contribution in [2.24, 2.45) is 0 Å². The number of methoxy groups -OCH3 is 1. The maximum absolute atomic E-state index is 11.8. The van der Waals surface area contributed by atoms with Crippen molar-refractivity contribution in [1.82, 2.24) is 14.8 Å². The second-order valence-electron chi connectivity index (χ2n) is 3.46. The summed E-state index contributed by atoms with van der Waals surface area (Å²) < 4.78 is 7.24. The molecule has 1 heterocycles. The van der Waals surface area contributed by atoms with Gasteiger partial charge in [-0.2, -0.15) is 0 Å². The number of aromatic nitrogens is 3. The largest absolute Gasteiger partial charge is 0.495 e. The van der Waals surface area contributed by atoms with Gasteiger partial charge >= 0.3 is 0 Å². The number of hydrogen-bond donors (Lipinski definition) is 1. The zero-order valence-electron chi connectivity index (χ0n) is 9.63. The number of ether oxygens (including phenoxy) is 1. The number of carbonyl (C=O) groups excluding carboxylic acids is 1. The standard InChI is InChI=1S/C11H11IN4O2/c1-18-9-5-3-2-4-8(9)14-10(17)6-16-7-13-11(12)15-16/h2-5,7H,6H2,1H3,(H,14,17). The summed E-state index contributed by atoms with van der Waals surface area (Å²) in [5.41, 5.74) is 0.639. The summed E-state index contributed by atoms with van der Waals surface area (Å²) in [7, 11) is 1.56. The average molecular weight is 358 g/mol. The molecular weight excluding hydrogens is 347 g/mol. The number of amides is 1. The highest BCUT2D eigenvalue weighted by Crippen LogP contribution is 2.22. The van der Waals surface area contributed by atoms with Crippen LogP contribution in [-0.4, -0.2) is 27.8 Å². The van der Waals surface area contributed by atoms with Crippen LogP contribution in [0.25, 0.3) is 0 Å². The van der Waals surface area contributed by atoms with E-state index in [0.29, 0.717) is 15.3 Å². The molecule has 0 aliphatic carbocycles. The fraction of sp³-hybridized carbons (Fsp3) is 0.182. The number of rotatable bonds is 4. The Morgan fingerprint density at radius 2 is 2.28 bits per heavy atom. The molecule has 0 saturated heterocycles. The van der Waals surface area contributed by atoms with Crippen LogP contribution in [0.3, 0.4) is 0 Å².